The van der Waals surface area contributed by atoms with Crippen LogP contribution in [-0.4, -0.2) is 30.1 Å². The van der Waals surface area contributed by atoms with Crippen molar-refractivity contribution >= 4 is 0 Å². The number of piperidine rings is 1. The summed E-state index contributed by atoms with van der Waals surface area (Å²) in [5.41, 5.74) is 5.38. The zero-order valence-corrected chi connectivity index (χ0v) is 11.6. The van der Waals surface area contributed by atoms with Gasteiger partial charge in [-0.05, 0) is 44.1 Å². The summed E-state index contributed by atoms with van der Waals surface area (Å²) in [5.74, 6) is 1.62. The molecular weight excluding hydrogens is 210 g/mol. The van der Waals surface area contributed by atoms with Crippen molar-refractivity contribution < 1.29 is 0 Å². The molecule has 0 radical (unpaired) electrons. The number of likely N-dealkylation sites (tertiary alicyclic amines) is 1. The average Bonchev–Trinajstić information content (AvgIpc) is 2.27. The number of rotatable bonds is 5. The molecule has 3 nitrogen and oxygen atoms in total. The van der Waals surface area contributed by atoms with Crippen LogP contribution in [0.25, 0.3) is 0 Å². The predicted molar refractivity (Wildman–Crippen MR) is 71.4 cm³/mol. The van der Waals surface area contributed by atoms with E-state index in [1.165, 1.54) is 19.5 Å². The molecule has 0 aromatic carbocycles. The molecule has 1 heterocycles. The summed E-state index contributed by atoms with van der Waals surface area (Å²) in [4.78, 5) is 2.53. The minimum absolute atomic E-state index is 0.604. The zero-order valence-electron chi connectivity index (χ0n) is 11.6. The lowest BCUT2D eigenvalue weighted by Crippen LogP contribution is -2.41. The monoisotopic (exact) mass is 237 g/mol. The summed E-state index contributed by atoms with van der Waals surface area (Å²) in [6, 6.07) is 2.24. The molecule has 0 aromatic rings. The molecular formula is C14H27N3. The third kappa shape index (κ3) is 4.65. The number of nitriles is 1. The summed E-state index contributed by atoms with van der Waals surface area (Å²) >= 11 is 0. The highest BCUT2D eigenvalue weighted by atomic mass is 15.1. The van der Waals surface area contributed by atoms with E-state index in [1.54, 1.807) is 0 Å². The Balaban J connectivity index is 2.29. The van der Waals surface area contributed by atoms with Crippen LogP contribution < -0.4 is 5.73 Å². The second-order valence-electron chi connectivity index (χ2n) is 5.93. The van der Waals surface area contributed by atoms with Crippen molar-refractivity contribution in [3.05, 3.63) is 0 Å². The fraction of sp³-hybridized carbons (Fsp3) is 0.929. The maximum absolute atomic E-state index is 9.02. The van der Waals surface area contributed by atoms with Gasteiger partial charge in [0.25, 0.3) is 0 Å². The van der Waals surface area contributed by atoms with Crippen molar-refractivity contribution in [1.82, 2.24) is 4.90 Å². The van der Waals surface area contributed by atoms with Crippen molar-refractivity contribution in [3.63, 3.8) is 0 Å². The van der Waals surface area contributed by atoms with Gasteiger partial charge in [-0.3, -0.25) is 0 Å². The molecule has 1 saturated heterocycles. The smallest absolute Gasteiger partial charge is 0.104 e. The van der Waals surface area contributed by atoms with E-state index in [-0.39, 0.29) is 0 Å². The first-order chi connectivity index (χ1) is 7.99. The van der Waals surface area contributed by atoms with Gasteiger partial charge in [-0.25, -0.2) is 0 Å². The second-order valence-corrected chi connectivity index (χ2v) is 5.93. The third-order valence-corrected chi connectivity index (χ3v) is 3.90. The van der Waals surface area contributed by atoms with Gasteiger partial charge in [0.05, 0.1) is 6.07 Å². The molecule has 1 fully saturated rings. The molecule has 3 heteroatoms. The van der Waals surface area contributed by atoms with E-state index in [4.69, 9.17) is 11.0 Å². The fourth-order valence-electron chi connectivity index (χ4n) is 2.90. The predicted octanol–water partition coefficient (Wildman–Crippen LogP) is 2.38. The van der Waals surface area contributed by atoms with E-state index in [1.807, 2.05) is 6.92 Å². The molecule has 1 aliphatic rings. The minimum Gasteiger partial charge on any atom is -0.313 e. The molecule has 0 aliphatic carbocycles. The summed E-state index contributed by atoms with van der Waals surface area (Å²) in [5, 5.41) is 9.02. The minimum atomic E-state index is -0.604. The van der Waals surface area contributed by atoms with Gasteiger partial charge in [-0.2, -0.15) is 5.26 Å². The van der Waals surface area contributed by atoms with Crippen LogP contribution in [0.4, 0.5) is 0 Å². The Kier molecular flexibility index (Phi) is 5.42. The lowest BCUT2D eigenvalue weighted by molar-refractivity contribution is 0.137. The number of nitrogens with zero attached hydrogens (tertiary/aromatic N) is 2. The van der Waals surface area contributed by atoms with Crippen LogP contribution in [0.2, 0.25) is 0 Å². The van der Waals surface area contributed by atoms with Crippen LogP contribution in [0.15, 0.2) is 0 Å². The van der Waals surface area contributed by atoms with Crippen molar-refractivity contribution in [3.8, 4) is 6.07 Å². The highest BCUT2D eigenvalue weighted by Gasteiger charge is 2.24. The Labute approximate surface area is 106 Å². The van der Waals surface area contributed by atoms with E-state index in [0.29, 0.717) is 0 Å². The van der Waals surface area contributed by atoms with Crippen LogP contribution >= 0.6 is 0 Å². The maximum Gasteiger partial charge on any atom is 0.104 e. The van der Waals surface area contributed by atoms with Crippen LogP contribution in [0, 0.1) is 23.2 Å². The Hall–Kier alpha value is -0.590. The highest BCUT2D eigenvalue weighted by Crippen LogP contribution is 2.22. The van der Waals surface area contributed by atoms with Gasteiger partial charge < -0.3 is 10.6 Å². The van der Waals surface area contributed by atoms with E-state index in [0.717, 1.165) is 37.6 Å². The van der Waals surface area contributed by atoms with Gasteiger partial charge in [-0.15, -0.1) is 0 Å². The Morgan fingerprint density at radius 3 is 2.41 bits per heavy atom. The first-order valence-corrected chi connectivity index (χ1v) is 6.91. The summed E-state index contributed by atoms with van der Waals surface area (Å²) < 4.78 is 0. The lowest BCUT2D eigenvalue weighted by Gasteiger charge is -2.35. The van der Waals surface area contributed by atoms with Gasteiger partial charge in [0.2, 0.25) is 0 Å². The molecule has 0 aromatic heterocycles. The average molecular weight is 237 g/mol. The number of hydrogen-bond acceptors (Lipinski definition) is 3. The Bertz CT molecular complexity index is 261. The Morgan fingerprint density at radius 2 is 1.94 bits per heavy atom. The van der Waals surface area contributed by atoms with Gasteiger partial charge in [0, 0.05) is 13.1 Å². The molecule has 3 unspecified atom stereocenters. The summed E-state index contributed by atoms with van der Waals surface area (Å²) in [6.45, 7) is 10.2. The van der Waals surface area contributed by atoms with Gasteiger partial charge in [-0.1, -0.05) is 20.8 Å². The SMILES string of the molecule is CCC(N)(C#N)CCCN1CC(C)CC(C)C1. The van der Waals surface area contributed by atoms with Gasteiger partial charge >= 0.3 is 0 Å². The van der Waals surface area contributed by atoms with Crippen molar-refractivity contribution in [2.75, 3.05) is 19.6 Å². The van der Waals surface area contributed by atoms with Crippen molar-refractivity contribution in [1.29, 1.82) is 5.26 Å². The molecule has 3 atom stereocenters. The van der Waals surface area contributed by atoms with E-state index < -0.39 is 5.54 Å². The zero-order chi connectivity index (χ0) is 12.9. The topological polar surface area (TPSA) is 53.1 Å². The normalized spacial score (nSPS) is 29.6. The first kappa shape index (κ1) is 14.5. The van der Waals surface area contributed by atoms with E-state index in [2.05, 4.69) is 24.8 Å². The maximum atomic E-state index is 9.02. The molecule has 0 bridgehead atoms. The van der Waals surface area contributed by atoms with E-state index >= 15 is 0 Å². The molecule has 0 saturated carbocycles. The lowest BCUT2D eigenvalue weighted by atomic mass is 9.90. The molecule has 17 heavy (non-hydrogen) atoms. The second kappa shape index (κ2) is 6.37. The standard InChI is InChI=1S/C14H27N3/c1-4-14(16,11-15)6-5-7-17-9-12(2)8-13(3)10-17/h12-13H,4-10,16H2,1-3H3. The Morgan fingerprint density at radius 1 is 1.35 bits per heavy atom. The molecule has 1 rings (SSSR count). The quantitative estimate of drug-likeness (QED) is 0.798. The van der Waals surface area contributed by atoms with Crippen molar-refractivity contribution in [2.24, 2.45) is 17.6 Å². The first-order valence-electron chi connectivity index (χ1n) is 6.91. The highest BCUT2D eigenvalue weighted by molar-refractivity contribution is 5.03. The van der Waals surface area contributed by atoms with Crippen LogP contribution in [0.1, 0.15) is 46.5 Å². The van der Waals surface area contributed by atoms with Gasteiger partial charge in [0.1, 0.15) is 5.54 Å². The summed E-state index contributed by atoms with van der Waals surface area (Å²) in [6.07, 6.45) is 3.96. The summed E-state index contributed by atoms with van der Waals surface area (Å²) in [7, 11) is 0. The fourth-order valence-corrected chi connectivity index (χ4v) is 2.90. The van der Waals surface area contributed by atoms with Crippen LogP contribution in [-0.2, 0) is 0 Å². The molecule has 0 amide bonds. The molecule has 1 aliphatic heterocycles. The molecule has 2 N–H and O–H groups in total. The number of nitrogens with two attached hydrogens (primary N) is 1. The molecule has 98 valence electrons. The third-order valence-electron chi connectivity index (χ3n) is 3.90. The number of hydrogen-bond donors (Lipinski definition) is 1. The van der Waals surface area contributed by atoms with Crippen LogP contribution in [0.3, 0.4) is 0 Å². The van der Waals surface area contributed by atoms with Gasteiger partial charge in [0.15, 0.2) is 0 Å². The van der Waals surface area contributed by atoms with Crippen molar-refractivity contribution in [2.45, 2.75) is 52.0 Å². The van der Waals surface area contributed by atoms with E-state index in [9.17, 15) is 0 Å². The van der Waals surface area contributed by atoms with Crippen LogP contribution in [0.5, 0.6) is 0 Å². The molecule has 0 spiro atoms. The largest absolute Gasteiger partial charge is 0.313 e.